The molecule has 2 aromatic carbocycles. The van der Waals surface area contributed by atoms with Crippen LogP contribution in [0.2, 0.25) is 0 Å². The number of aromatic nitrogens is 1. The lowest BCUT2D eigenvalue weighted by Crippen LogP contribution is -1.82. The summed E-state index contributed by atoms with van der Waals surface area (Å²) < 4.78 is 0. The first-order valence-electron chi connectivity index (χ1n) is 6.32. The molecule has 2 heteroatoms. The average Bonchev–Trinajstić information content (AvgIpc) is 2.86. The van der Waals surface area contributed by atoms with Gasteiger partial charge in [-0.2, -0.15) is 0 Å². The second-order valence-electron chi connectivity index (χ2n) is 4.70. The van der Waals surface area contributed by atoms with Crippen LogP contribution < -0.4 is 0 Å². The summed E-state index contributed by atoms with van der Waals surface area (Å²) in [4.78, 5) is 4.55. The third-order valence-corrected chi connectivity index (χ3v) is 3.94. The number of nitrogens with zero attached hydrogens (tertiary/aromatic N) is 1. The van der Waals surface area contributed by atoms with Gasteiger partial charge in [0.2, 0.25) is 0 Å². The van der Waals surface area contributed by atoms with Crippen LogP contribution in [0.15, 0.2) is 53.9 Å². The molecule has 0 bridgehead atoms. The van der Waals surface area contributed by atoms with Crippen molar-refractivity contribution in [3.63, 3.8) is 0 Å². The maximum atomic E-state index is 4.55. The Kier molecular flexibility index (Phi) is 3.18. The zero-order chi connectivity index (χ0) is 13.2. The molecule has 0 aliphatic rings. The van der Waals surface area contributed by atoms with Gasteiger partial charge in [-0.25, -0.2) is 4.98 Å². The fraction of sp³-hybridized carbons (Fsp3) is 0.118. The molecule has 0 atom stereocenters. The van der Waals surface area contributed by atoms with E-state index in [1.807, 2.05) is 6.92 Å². The van der Waals surface area contributed by atoms with E-state index in [4.69, 9.17) is 0 Å². The number of aryl methyl sites for hydroxylation is 2. The van der Waals surface area contributed by atoms with Crippen molar-refractivity contribution in [3.8, 4) is 22.4 Å². The maximum absolute atomic E-state index is 4.55. The van der Waals surface area contributed by atoms with E-state index in [9.17, 15) is 0 Å². The van der Waals surface area contributed by atoms with Crippen LogP contribution in [0.3, 0.4) is 0 Å². The minimum atomic E-state index is 1.07. The molecule has 0 saturated carbocycles. The molecule has 94 valence electrons. The van der Waals surface area contributed by atoms with Gasteiger partial charge in [-0.15, -0.1) is 11.3 Å². The quantitative estimate of drug-likeness (QED) is 0.628. The van der Waals surface area contributed by atoms with Gasteiger partial charge < -0.3 is 0 Å². The number of hydrogen-bond acceptors (Lipinski definition) is 2. The Labute approximate surface area is 117 Å². The first-order valence-corrected chi connectivity index (χ1v) is 7.20. The lowest BCUT2D eigenvalue weighted by molar-refractivity contribution is 1.30. The topological polar surface area (TPSA) is 12.9 Å². The smallest absolute Gasteiger partial charge is 0.0901 e. The van der Waals surface area contributed by atoms with Crippen molar-refractivity contribution in [2.45, 2.75) is 13.8 Å². The molecule has 3 aromatic rings. The van der Waals surface area contributed by atoms with Gasteiger partial charge in [0.1, 0.15) is 0 Å². The van der Waals surface area contributed by atoms with Crippen molar-refractivity contribution in [2.75, 3.05) is 0 Å². The fourth-order valence-corrected chi connectivity index (χ4v) is 2.72. The van der Waals surface area contributed by atoms with E-state index in [-0.39, 0.29) is 0 Å². The highest BCUT2D eigenvalue weighted by Crippen LogP contribution is 2.27. The van der Waals surface area contributed by atoms with Gasteiger partial charge in [0, 0.05) is 10.9 Å². The molecular weight excluding hydrogens is 250 g/mol. The Morgan fingerprint density at radius 3 is 2.26 bits per heavy atom. The van der Waals surface area contributed by atoms with E-state index in [0.29, 0.717) is 0 Å². The molecule has 0 fully saturated rings. The lowest BCUT2D eigenvalue weighted by Gasteiger charge is -2.04. The summed E-state index contributed by atoms with van der Waals surface area (Å²) in [7, 11) is 0. The van der Waals surface area contributed by atoms with Gasteiger partial charge in [-0.3, -0.25) is 0 Å². The van der Waals surface area contributed by atoms with Gasteiger partial charge in [0.05, 0.1) is 10.7 Å². The van der Waals surface area contributed by atoms with Crippen LogP contribution in [0.1, 0.15) is 10.6 Å². The summed E-state index contributed by atoms with van der Waals surface area (Å²) in [5.74, 6) is 0. The minimum Gasteiger partial charge on any atom is -0.242 e. The third-order valence-electron chi connectivity index (χ3n) is 3.16. The van der Waals surface area contributed by atoms with Crippen LogP contribution >= 0.6 is 11.3 Å². The second-order valence-corrected chi connectivity index (χ2v) is 5.76. The summed E-state index contributed by atoms with van der Waals surface area (Å²) in [5.41, 5.74) is 6.02. The molecule has 0 aliphatic carbocycles. The van der Waals surface area contributed by atoms with E-state index >= 15 is 0 Å². The maximum Gasteiger partial charge on any atom is 0.0901 e. The van der Waals surface area contributed by atoms with E-state index < -0.39 is 0 Å². The molecule has 3 rings (SSSR count). The van der Waals surface area contributed by atoms with Crippen molar-refractivity contribution in [2.24, 2.45) is 0 Å². The van der Waals surface area contributed by atoms with E-state index in [2.05, 4.69) is 65.8 Å². The first kappa shape index (κ1) is 12.1. The van der Waals surface area contributed by atoms with E-state index in [1.54, 1.807) is 11.3 Å². The number of thiazole rings is 1. The summed E-state index contributed by atoms with van der Waals surface area (Å²) in [6.45, 7) is 4.15. The molecule has 0 radical (unpaired) electrons. The van der Waals surface area contributed by atoms with Crippen LogP contribution in [-0.2, 0) is 0 Å². The Bertz CT molecular complexity index is 695. The summed E-state index contributed by atoms with van der Waals surface area (Å²) in [6.07, 6.45) is 0. The third kappa shape index (κ3) is 2.59. The summed E-state index contributed by atoms with van der Waals surface area (Å²) in [5, 5.41) is 3.22. The van der Waals surface area contributed by atoms with Crippen LogP contribution in [0.25, 0.3) is 22.4 Å². The predicted molar refractivity (Wildman–Crippen MR) is 82.5 cm³/mol. The zero-order valence-corrected chi connectivity index (χ0v) is 11.9. The molecule has 0 N–H and O–H groups in total. The summed E-state index contributed by atoms with van der Waals surface area (Å²) >= 11 is 1.69. The van der Waals surface area contributed by atoms with Gasteiger partial charge in [-0.1, -0.05) is 48.0 Å². The van der Waals surface area contributed by atoms with Gasteiger partial charge >= 0.3 is 0 Å². The Morgan fingerprint density at radius 1 is 0.842 bits per heavy atom. The highest BCUT2D eigenvalue weighted by atomic mass is 32.1. The van der Waals surface area contributed by atoms with Crippen molar-refractivity contribution in [1.29, 1.82) is 0 Å². The molecule has 1 aromatic heterocycles. The standard InChI is InChI=1S/C17H15NS/c1-12-6-8-14(9-7-12)15-4-3-5-16(10-15)17-11-19-13(2)18-17/h3-11H,1-2H3. The number of rotatable bonds is 2. The van der Waals surface area contributed by atoms with E-state index in [0.717, 1.165) is 10.7 Å². The van der Waals surface area contributed by atoms with Gasteiger partial charge in [0.15, 0.2) is 0 Å². The van der Waals surface area contributed by atoms with Gasteiger partial charge in [0.25, 0.3) is 0 Å². The molecule has 19 heavy (non-hydrogen) atoms. The number of benzene rings is 2. The van der Waals surface area contributed by atoms with E-state index in [1.165, 1.54) is 22.3 Å². The molecule has 0 spiro atoms. The van der Waals surface area contributed by atoms with Gasteiger partial charge in [-0.05, 0) is 31.0 Å². The highest BCUT2D eigenvalue weighted by Gasteiger charge is 2.04. The SMILES string of the molecule is Cc1ccc(-c2cccc(-c3csc(C)n3)c2)cc1. The highest BCUT2D eigenvalue weighted by molar-refractivity contribution is 7.09. The van der Waals surface area contributed by atoms with Crippen LogP contribution in [0.5, 0.6) is 0 Å². The van der Waals surface area contributed by atoms with Crippen molar-refractivity contribution in [1.82, 2.24) is 4.98 Å². The Hall–Kier alpha value is -1.93. The predicted octanol–water partition coefficient (Wildman–Crippen LogP) is 5.09. The summed E-state index contributed by atoms with van der Waals surface area (Å²) in [6, 6.07) is 17.2. The van der Waals surface area contributed by atoms with Crippen LogP contribution in [-0.4, -0.2) is 4.98 Å². The fourth-order valence-electron chi connectivity index (χ4n) is 2.10. The monoisotopic (exact) mass is 265 g/mol. The van der Waals surface area contributed by atoms with Crippen LogP contribution in [0, 0.1) is 13.8 Å². The molecule has 1 nitrogen and oxygen atoms in total. The molecule has 0 aliphatic heterocycles. The number of hydrogen-bond donors (Lipinski definition) is 0. The second kappa shape index (κ2) is 4.98. The molecule has 0 saturated heterocycles. The molecular formula is C17H15NS. The van der Waals surface area contributed by atoms with Crippen LogP contribution in [0.4, 0.5) is 0 Å². The Balaban J connectivity index is 2.02. The lowest BCUT2D eigenvalue weighted by atomic mass is 10.0. The molecule has 1 heterocycles. The first-order chi connectivity index (χ1) is 9.22. The normalized spacial score (nSPS) is 10.6. The average molecular weight is 265 g/mol. The zero-order valence-electron chi connectivity index (χ0n) is 11.1. The molecule has 0 amide bonds. The van der Waals surface area contributed by atoms with Crippen molar-refractivity contribution < 1.29 is 0 Å². The minimum absolute atomic E-state index is 1.07. The Morgan fingerprint density at radius 2 is 1.58 bits per heavy atom. The largest absolute Gasteiger partial charge is 0.242 e. The van der Waals surface area contributed by atoms with Crippen molar-refractivity contribution >= 4 is 11.3 Å². The van der Waals surface area contributed by atoms with Crippen molar-refractivity contribution in [3.05, 3.63) is 64.5 Å². The molecule has 0 unspecified atom stereocenters.